The van der Waals surface area contributed by atoms with Gasteiger partial charge in [0.15, 0.2) is 12.5 Å². The van der Waals surface area contributed by atoms with Gasteiger partial charge in [0.05, 0.1) is 12.2 Å². The van der Waals surface area contributed by atoms with Gasteiger partial charge in [-0.25, -0.2) is 9.37 Å². The first-order chi connectivity index (χ1) is 15.6. The molecule has 0 atom stereocenters. The molecule has 0 radical (unpaired) electrons. The van der Waals surface area contributed by atoms with E-state index in [0.29, 0.717) is 12.1 Å². The monoisotopic (exact) mass is 456 g/mol. The zero-order chi connectivity index (χ0) is 22.1. The summed E-state index contributed by atoms with van der Waals surface area (Å²) >= 11 is 1.61. The van der Waals surface area contributed by atoms with E-state index in [1.54, 1.807) is 29.5 Å². The van der Waals surface area contributed by atoms with E-state index in [4.69, 9.17) is 4.98 Å². The Morgan fingerprint density at radius 3 is 2.66 bits per heavy atom. The van der Waals surface area contributed by atoms with Crippen molar-refractivity contribution in [2.75, 3.05) is 45.9 Å². The number of carbonyl (C=O) groups excluding carboxylic acids is 2. The molecule has 1 aromatic carbocycles. The molecular formula is C24H29FN4O2S. The van der Waals surface area contributed by atoms with Crippen molar-refractivity contribution in [1.29, 1.82) is 0 Å². The molecule has 3 heterocycles. The van der Waals surface area contributed by atoms with E-state index in [-0.39, 0.29) is 5.91 Å². The van der Waals surface area contributed by atoms with Gasteiger partial charge in [-0.1, -0.05) is 24.6 Å². The van der Waals surface area contributed by atoms with Gasteiger partial charge in [0.1, 0.15) is 5.01 Å². The molecule has 8 heteroatoms. The minimum atomic E-state index is -0.990. The summed E-state index contributed by atoms with van der Waals surface area (Å²) < 4.78 is 12.7. The average Bonchev–Trinajstić information content (AvgIpc) is 3.21. The van der Waals surface area contributed by atoms with Crippen LogP contribution in [0, 0.1) is 0 Å². The number of piperazine rings is 1. The number of fused-ring (bicyclic) bond motifs is 1. The second kappa shape index (κ2) is 9.37. The number of thiazole rings is 1. The standard InChI is InChI=1S/C24H29FN4O2S/c25-14-21(30)17-3-1-4-18(13-17)24-26-20-7-8-27(15-22(20)32-24)16-23(31)29-11-9-28(10-12-29)19-5-2-6-19/h1,3-4,13,19H,2,5-12,14-16H2. The van der Waals surface area contributed by atoms with Crippen LogP contribution in [0.1, 0.15) is 40.2 Å². The normalized spacial score (nSPS) is 20.1. The summed E-state index contributed by atoms with van der Waals surface area (Å²) in [6, 6.07) is 7.79. The first-order valence-corrected chi connectivity index (χ1v) is 12.3. The number of Topliss-reactive ketones (excluding diaryl/α,β-unsaturated/α-hetero) is 1. The van der Waals surface area contributed by atoms with E-state index in [1.165, 1.54) is 24.1 Å². The largest absolute Gasteiger partial charge is 0.339 e. The number of rotatable bonds is 6. The number of halogens is 1. The lowest BCUT2D eigenvalue weighted by molar-refractivity contribution is -0.135. The summed E-state index contributed by atoms with van der Waals surface area (Å²) in [5.74, 6) is -0.282. The number of hydrogen-bond donors (Lipinski definition) is 0. The summed E-state index contributed by atoms with van der Waals surface area (Å²) in [5.41, 5.74) is 2.29. The molecule has 1 aliphatic carbocycles. The maximum Gasteiger partial charge on any atom is 0.236 e. The highest BCUT2D eigenvalue weighted by Gasteiger charge is 2.30. The number of amides is 1. The van der Waals surface area contributed by atoms with Crippen LogP contribution in [0.25, 0.3) is 10.6 Å². The van der Waals surface area contributed by atoms with Gasteiger partial charge in [-0.3, -0.25) is 19.4 Å². The average molecular weight is 457 g/mol. The third kappa shape index (κ3) is 4.49. The minimum absolute atomic E-state index is 0.226. The Morgan fingerprint density at radius 1 is 1.12 bits per heavy atom. The first-order valence-electron chi connectivity index (χ1n) is 11.5. The highest BCUT2D eigenvalue weighted by Crippen LogP contribution is 2.32. The zero-order valence-corrected chi connectivity index (χ0v) is 19.1. The van der Waals surface area contributed by atoms with Gasteiger partial charge >= 0.3 is 0 Å². The highest BCUT2D eigenvalue weighted by molar-refractivity contribution is 7.15. The molecule has 170 valence electrons. The van der Waals surface area contributed by atoms with Crippen LogP contribution < -0.4 is 0 Å². The Kier molecular flexibility index (Phi) is 6.35. The molecule has 6 nitrogen and oxygen atoms in total. The zero-order valence-electron chi connectivity index (χ0n) is 18.3. The van der Waals surface area contributed by atoms with E-state index in [1.807, 2.05) is 11.0 Å². The molecule has 1 aromatic heterocycles. The van der Waals surface area contributed by atoms with Crippen molar-refractivity contribution in [3.63, 3.8) is 0 Å². The maximum atomic E-state index is 12.9. The van der Waals surface area contributed by atoms with E-state index < -0.39 is 12.5 Å². The maximum absolute atomic E-state index is 12.9. The smallest absolute Gasteiger partial charge is 0.236 e. The van der Waals surface area contributed by atoms with Gasteiger partial charge in [0.25, 0.3) is 0 Å². The first kappa shape index (κ1) is 21.7. The molecule has 2 fully saturated rings. The molecule has 2 aromatic rings. The molecule has 3 aliphatic rings. The Balaban J connectivity index is 1.19. The second-order valence-electron chi connectivity index (χ2n) is 8.99. The molecule has 0 unspecified atom stereocenters. The van der Waals surface area contributed by atoms with Gasteiger partial charge in [-0.05, 0) is 18.9 Å². The van der Waals surface area contributed by atoms with Crippen LogP contribution in [0.15, 0.2) is 24.3 Å². The quantitative estimate of drug-likeness (QED) is 0.626. The predicted molar refractivity (Wildman–Crippen MR) is 123 cm³/mol. The van der Waals surface area contributed by atoms with Crippen molar-refractivity contribution >= 4 is 23.0 Å². The fourth-order valence-corrected chi connectivity index (χ4v) is 5.94. The van der Waals surface area contributed by atoms with E-state index in [9.17, 15) is 14.0 Å². The molecule has 1 saturated carbocycles. The van der Waals surface area contributed by atoms with E-state index in [0.717, 1.165) is 68.0 Å². The summed E-state index contributed by atoms with van der Waals surface area (Å²) in [4.78, 5) is 37.3. The van der Waals surface area contributed by atoms with Crippen LogP contribution in [0.4, 0.5) is 4.39 Å². The molecule has 0 N–H and O–H groups in total. The van der Waals surface area contributed by atoms with E-state index >= 15 is 0 Å². The minimum Gasteiger partial charge on any atom is -0.339 e. The third-order valence-corrected chi connectivity index (χ3v) is 8.11. The lowest BCUT2D eigenvalue weighted by atomic mass is 9.91. The third-order valence-electron chi connectivity index (χ3n) is 6.98. The Hall–Kier alpha value is -2.16. The summed E-state index contributed by atoms with van der Waals surface area (Å²) in [7, 11) is 0. The van der Waals surface area contributed by atoms with Gasteiger partial charge < -0.3 is 4.90 Å². The summed E-state index contributed by atoms with van der Waals surface area (Å²) in [6.45, 7) is 4.70. The molecule has 1 saturated heterocycles. The highest BCUT2D eigenvalue weighted by atomic mass is 32.1. The number of nitrogens with zero attached hydrogens (tertiary/aromatic N) is 4. The van der Waals surface area contributed by atoms with Crippen molar-refractivity contribution in [3.05, 3.63) is 40.4 Å². The van der Waals surface area contributed by atoms with Crippen LogP contribution in [0.2, 0.25) is 0 Å². The number of alkyl halides is 1. The van der Waals surface area contributed by atoms with Gasteiger partial charge in [0.2, 0.25) is 5.91 Å². The Labute approximate surface area is 192 Å². The van der Waals surface area contributed by atoms with Gasteiger partial charge in [-0.15, -0.1) is 11.3 Å². The lowest BCUT2D eigenvalue weighted by Crippen LogP contribution is -2.55. The van der Waals surface area contributed by atoms with Crippen LogP contribution in [-0.2, 0) is 17.8 Å². The second-order valence-corrected chi connectivity index (χ2v) is 10.1. The number of benzene rings is 1. The van der Waals surface area contributed by atoms with Gasteiger partial charge in [0, 0.05) is 67.7 Å². The topological polar surface area (TPSA) is 56.8 Å². The molecule has 2 aliphatic heterocycles. The molecule has 32 heavy (non-hydrogen) atoms. The number of carbonyl (C=O) groups is 2. The number of hydrogen-bond acceptors (Lipinski definition) is 6. The van der Waals surface area contributed by atoms with E-state index in [2.05, 4.69) is 9.80 Å². The number of ketones is 1. The van der Waals surface area contributed by atoms with Crippen molar-refractivity contribution in [2.45, 2.75) is 38.3 Å². The molecular weight excluding hydrogens is 427 g/mol. The molecule has 1 amide bonds. The van der Waals surface area contributed by atoms with Crippen molar-refractivity contribution in [2.24, 2.45) is 0 Å². The predicted octanol–water partition coefficient (Wildman–Crippen LogP) is 3.02. The van der Waals surface area contributed by atoms with Crippen LogP contribution in [0.3, 0.4) is 0 Å². The van der Waals surface area contributed by atoms with Crippen LogP contribution in [-0.4, -0.2) is 83.4 Å². The van der Waals surface area contributed by atoms with Crippen LogP contribution >= 0.6 is 11.3 Å². The van der Waals surface area contributed by atoms with Crippen LogP contribution in [0.5, 0.6) is 0 Å². The Bertz CT molecular complexity index is 998. The molecule has 0 bridgehead atoms. The SMILES string of the molecule is O=C(CF)c1cccc(-c2nc3c(s2)CN(CC(=O)N2CCN(C4CCC4)CC2)CC3)c1. The molecule has 0 spiro atoms. The van der Waals surface area contributed by atoms with Crippen molar-refractivity contribution in [1.82, 2.24) is 19.7 Å². The lowest BCUT2D eigenvalue weighted by Gasteiger charge is -2.43. The summed E-state index contributed by atoms with van der Waals surface area (Å²) in [5, 5.41) is 0.851. The fourth-order valence-electron chi connectivity index (χ4n) is 4.79. The van der Waals surface area contributed by atoms with Crippen molar-refractivity contribution < 1.29 is 14.0 Å². The molecule has 5 rings (SSSR count). The van der Waals surface area contributed by atoms with Gasteiger partial charge in [-0.2, -0.15) is 0 Å². The Morgan fingerprint density at radius 2 is 1.94 bits per heavy atom. The fraction of sp³-hybridized carbons (Fsp3) is 0.542. The number of aromatic nitrogens is 1. The summed E-state index contributed by atoms with van der Waals surface area (Å²) in [6.07, 6.45) is 4.80. The van der Waals surface area contributed by atoms with Crippen molar-refractivity contribution in [3.8, 4) is 10.6 Å².